The molecular formula is C19H21NO4. The second kappa shape index (κ2) is 8.72. The number of rotatable bonds is 8. The summed E-state index contributed by atoms with van der Waals surface area (Å²) in [5, 5.41) is 2.81. The van der Waals surface area contributed by atoms with Gasteiger partial charge in [-0.05, 0) is 36.8 Å². The minimum absolute atomic E-state index is 0.00455. The van der Waals surface area contributed by atoms with Gasteiger partial charge in [0.05, 0.1) is 14.2 Å². The highest BCUT2D eigenvalue weighted by atomic mass is 16.5. The van der Waals surface area contributed by atoms with E-state index in [0.29, 0.717) is 42.0 Å². The number of carbonyl (C=O) groups excluding carboxylic acids is 2. The summed E-state index contributed by atoms with van der Waals surface area (Å²) >= 11 is 0. The average molecular weight is 327 g/mol. The molecular weight excluding hydrogens is 306 g/mol. The average Bonchev–Trinajstić information content (AvgIpc) is 2.64. The van der Waals surface area contributed by atoms with Crippen LogP contribution in [-0.4, -0.2) is 32.5 Å². The van der Waals surface area contributed by atoms with E-state index in [1.54, 1.807) is 37.4 Å². The second-order valence-electron chi connectivity index (χ2n) is 5.22. The summed E-state index contributed by atoms with van der Waals surface area (Å²) in [6.07, 6.45) is 0.927. The second-order valence-corrected chi connectivity index (χ2v) is 5.22. The van der Waals surface area contributed by atoms with Crippen molar-refractivity contribution in [3.05, 3.63) is 59.7 Å². The van der Waals surface area contributed by atoms with Crippen molar-refractivity contribution < 1.29 is 19.1 Å². The maximum Gasteiger partial charge on any atom is 0.251 e. The smallest absolute Gasteiger partial charge is 0.251 e. The van der Waals surface area contributed by atoms with Crippen LogP contribution in [-0.2, 0) is 0 Å². The Labute approximate surface area is 141 Å². The van der Waals surface area contributed by atoms with Crippen molar-refractivity contribution in [2.75, 3.05) is 20.8 Å². The summed E-state index contributed by atoms with van der Waals surface area (Å²) in [7, 11) is 3.08. The Hall–Kier alpha value is -2.82. The number of benzene rings is 2. The Morgan fingerprint density at radius 1 is 0.917 bits per heavy atom. The van der Waals surface area contributed by atoms with Crippen molar-refractivity contribution in [3.8, 4) is 11.5 Å². The molecule has 0 aliphatic heterocycles. The molecule has 2 aromatic rings. The molecule has 0 fully saturated rings. The summed E-state index contributed by atoms with van der Waals surface area (Å²) in [6.45, 7) is 0.451. The van der Waals surface area contributed by atoms with Gasteiger partial charge in [-0.3, -0.25) is 9.59 Å². The first kappa shape index (κ1) is 17.5. The predicted octanol–water partition coefficient (Wildman–Crippen LogP) is 3.10. The van der Waals surface area contributed by atoms with Crippen molar-refractivity contribution in [2.24, 2.45) is 0 Å². The lowest BCUT2D eigenvalue weighted by Gasteiger charge is -2.09. The molecule has 1 amide bonds. The molecule has 0 spiro atoms. The van der Waals surface area contributed by atoms with Crippen molar-refractivity contribution in [2.45, 2.75) is 12.8 Å². The third-order valence-corrected chi connectivity index (χ3v) is 3.61. The van der Waals surface area contributed by atoms with Crippen LogP contribution in [0.1, 0.15) is 33.6 Å². The van der Waals surface area contributed by atoms with Crippen LogP contribution in [0.15, 0.2) is 48.5 Å². The normalized spacial score (nSPS) is 10.1. The fourth-order valence-electron chi connectivity index (χ4n) is 2.30. The molecule has 0 saturated heterocycles. The number of ether oxygens (including phenoxy) is 2. The van der Waals surface area contributed by atoms with E-state index < -0.39 is 0 Å². The minimum atomic E-state index is -0.130. The number of ketones is 1. The third kappa shape index (κ3) is 4.59. The fraction of sp³-hybridized carbons (Fsp3) is 0.263. The monoisotopic (exact) mass is 327 g/mol. The molecule has 1 N–H and O–H groups in total. The zero-order valence-electron chi connectivity index (χ0n) is 13.9. The summed E-state index contributed by atoms with van der Waals surface area (Å²) in [4.78, 5) is 24.1. The predicted molar refractivity (Wildman–Crippen MR) is 91.9 cm³/mol. The number of carbonyl (C=O) groups is 2. The first-order valence-electron chi connectivity index (χ1n) is 7.74. The number of amides is 1. The molecule has 0 radical (unpaired) electrons. The molecule has 0 aliphatic rings. The van der Waals surface area contributed by atoms with Crippen molar-refractivity contribution in [3.63, 3.8) is 0 Å². The zero-order chi connectivity index (χ0) is 17.4. The third-order valence-electron chi connectivity index (χ3n) is 3.61. The summed E-state index contributed by atoms with van der Waals surface area (Å²) in [6, 6.07) is 14.1. The molecule has 0 atom stereocenters. The van der Waals surface area contributed by atoms with Gasteiger partial charge in [0, 0.05) is 24.1 Å². The molecule has 5 heteroatoms. The molecule has 2 rings (SSSR count). The van der Waals surface area contributed by atoms with Gasteiger partial charge in [-0.2, -0.15) is 0 Å². The van der Waals surface area contributed by atoms with E-state index >= 15 is 0 Å². The van der Waals surface area contributed by atoms with Crippen LogP contribution in [0.2, 0.25) is 0 Å². The van der Waals surface area contributed by atoms with Gasteiger partial charge < -0.3 is 14.8 Å². The summed E-state index contributed by atoms with van der Waals surface area (Å²) < 4.78 is 10.4. The van der Waals surface area contributed by atoms with Crippen LogP contribution in [0.4, 0.5) is 0 Å². The van der Waals surface area contributed by atoms with Crippen molar-refractivity contribution in [1.82, 2.24) is 5.32 Å². The van der Waals surface area contributed by atoms with Gasteiger partial charge >= 0.3 is 0 Å². The van der Waals surface area contributed by atoms with Gasteiger partial charge in [-0.25, -0.2) is 0 Å². The van der Waals surface area contributed by atoms with Gasteiger partial charge in [0.2, 0.25) is 0 Å². The van der Waals surface area contributed by atoms with E-state index in [9.17, 15) is 9.59 Å². The van der Waals surface area contributed by atoms with Gasteiger partial charge in [-0.1, -0.05) is 18.2 Å². The van der Waals surface area contributed by atoms with Gasteiger partial charge in [0.25, 0.3) is 5.91 Å². The maximum absolute atomic E-state index is 12.2. The quantitative estimate of drug-likeness (QED) is 0.598. The SMILES string of the molecule is COc1ccc(C(=O)CCCNC(=O)c2ccccc2)cc1OC. The molecule has 0 heterocycles. The maximum atomic E-state index is 12.2. The van der Waals surface area contributed by atoms with Gasteiger partial charge in [0.1, 0.15) is 0 Å². The molecule has 0 saturated carbocycles. The van der Waals surface area contributed by atoms with Crippen molar-refractivity contribution in [1.29, 1.82) is 0 Å². The van der Waals surface area contributed by atoms with Gasteiger partial charge in [0.15, 0.2) is 17.3 Å². The lowest BCUT2D eigenvalue weighted by atomic mass is 10.1. The van der Waals surface area contributed by atoms with Crippen LogP contribution >= 0.6 is 0 Å². The Bertz CT molecular complexity index is 698. The zero-order valence-corrected chi connectivity index (χ0v) is 13.9. The topological polar surface area (TPSA) is 64.6 Å². The molecule has 0 unspecified atom stereocenters. The molecule has 0 aliphatic carbocycles. The van der Waals surface area contributed by atoms with E-state index in [-0.39, 0.29) is 11.7 Å². The van der Waals surface area contributed by atoms with Crippen LogP contribution in [0.25, 0.3) is 0 Å². The van der Waals surface area contributed by atoms with E-state index in [4.69, 9.17) is 9.47 Å². The molecule has 126 valence electrons. The van der Waals surface area contributed by atoms with Crippen LogP contribution in [0, 0.1) is 0 Å². The Kier molecular flexibility index (Phi) is 6.37. The lowest BCUT2D eigenvalue weighted by molar-refractivity contribution is 0.0938. The highest BCUT2D eigenvalue weighted by Gasteiger charge is 2.11. The number of methoxy groups -OCH3 is 2. The van der Waals surface area contributed by atoms with Gasteiger partial charge in [-0.15, -0.1) is 0 Å². The first-order valence-corrected chi connectivity index (χ1v) is 7.74. The number of Topliss-reactive ketones (excluding diaryl/α,β-unsaturated/α-hetero) is 1. The molecule has 5 nitrogen and oxygen atoms in total. The summed E-state index contributed by atoms with van der Waals surface area (Å²) in [5.41, 5.74) is 1.19. The van der Waals surface area contributed by atoms with E-state index in [1.165, 1.54) is 7.11 Å². The summed E-state index contributed by atoms with van der Waals surface area (Å²) in [5.74, 6) is 0.990. The highest BCUT2D eigenvalue weighted by molar-refractivity contribution is 5.97. The number of hydrogen-bond acceptors (Lipinski definition) is 4. The molecule has 0 bridgehead atoms. The van der Waals surface area contributed by atoms with Crippen LogP contribution in [0.5, 0.6) is 11.5 Å². The van der Waals surface area contributed by atoms with E-state index in [1.807, 2.05) is 18.2 Å². The van der Waals surface area contributed by atoms with Crippen LogP contribution in [0.3, 0.4) is 0 Å². The van der Waals surface area contributed by atoms with E-state index in [0.717, 1.165) is 0 Å². The Morgan fingerprint density at radius 2 is 1.62 bits per heavy atom. The lowest BCUT2D eigenvalue weighted by Crippen LogP contribution is -2.24. The van der Waals surface area contributed by atoms with Crippen LogP contribution < -0.4 is 14.8 Å². The number of hydrogen-bond donors (Lipinski definition) is 1. The number of nitrogens with one attached hydrogen (secondary N) is 1. The van der Waals surface area contributed by atoms with E-state index in [2.05, 4.69) is 5.32 Å². The Balaban J connectivity index is 1.82. The molecule has 0 aromatic heterocycles. The Morgan fingerprint density at radius 3 is 2.29 bits per heavy atom. The molecule has 24 heavy (non-hydrogen) atoms. The standard InChI is InChI=1S/C19H21NO4/c1-23-17-11-10-15(13-18(17)24-2)16(21)9-6-12-20-19(22)14-7-4-3-5-8-14/h3-5,7-8,10-11,13H,6,9,12H2,1-2H3,(H,20,22). The van der Waals surface area contributed by atoms with Crippen molar-refractivity contribution >= 4 is 11.7 Å². The largest absolute Gasteiger partial charge is 0.493 e. The minimum Gasteiger partial charge on any atom is -0.493 e. The first-order chi connectivity index (χ1) is 11.7. The highest BCUT2D eigenvalue weighted by Crippen LogP contribution is 2.28. The molecule has 2 aromatic carbocycles. The fourth-order valence-corrected chi connectivity index (χ4v) is 2.30.